The van der Waals surface area contributed by atoms with Gasteiger partial charge in [0.2, 0.25) is 0 Å². The van der Waals surface area contributed by atoms with Crippen LogP contribution >= 0.6 is 0 Å². The third-order valence-corrected chi connectivity index (χ3v) is 6.70. The zero-order valence-electron chi connectivity index (χ0n) is 18.2. The molecule has 2 aromatic rings. The maximum Gasteiger partial charge on any atom is 0.128 e. The molecule has 0 unspecified atom stereocenters. The fourth-order valence-electron chi connectivity index (χ4n) is 5.15. The van der Waals surface area contributed by atoms with Crippen LogP contribution in [0.3, 0.4) is 0 Å². The van der Waals surface area contributed by atoms with Crippen LogP contribution in [-0.2, 0) is 12.8 Å². The number of allylic oxidation sites excluding steroid dienone is 2. The van der Waals surface area contributed by atoms with E-state index in [1.807, 2.05) is 36.9 Å². The molecule has 4 rings (SSSR count). The topological polar surface area (TPSA) is 51.6 Å². The molecule has 30 heavy (non-hydrogen) atoms. The van der Waals surface area contributed by atoms with Crippen LogP contribution in [-0.4, -0.2) is 19.9 Å². The highest BCUT2D eigenvalue weighted by Gasteiger charge is 2.27. The summed E-state index contributed by atoms with van der Waals surface area (Å²) in [7, 11) is 0. The van der Waals surface area contributed by atoms with E-state index in [0.29, 0.717) is 0 Å². The first-order chi connectivity index (χ1) is 14.8. The van der Waals surface area contributed by atoms with Crippen LogP contribution in [0, 0.1) is 23.7 Å². The molecule has 0 spiro atoms. The van der Waals surface area contributed by atoms with Crippen LogP contribution in [0.15, 0.2) is 62.2 Å². The minimum atomic E-state index is 0.769. The van der Waals surface area contributed by atoms with E-state index in [2.05, 4.69) is 45.2 Å². The first-order valence-corrected chi connectivity index (χ1v) is 11.5. The lowest BCUT2D eigenvalue weighted by atomic mass is 9.90. The summed E-state index contributed by atoms with van der Waals surface area (Å²) in [6.07, 6.45) is 23.9. The van der Waals surface area contributed by atoms with Gasteiger partial charge < -0.3 is 0 Å². The van der Waals surface area contributed by atoms with Crippen molar-refractivity contribution in [1.29, 1.82) is 0 Å². The van der Waals surface area contributed by atoms with Crippen molar-refractivity contribution in [2.24, 2.45) is 23.7 Å². The van der Waals surface area contributed by atoms with Gasteiger partial charge in [-0.2, -0.15) is 0 Å². The highest BCUT2D eigenvalue weighted by molar-refractivity contribution is 4.95. The molecule has 0 N–H and O–H groups in total. The highest BCUT2D eigenvalue weighted by Crippen LogP contribution is 2.36. The summed E-state index contributed by atoms with van der Waals surface area (Å²) in [5.74, 6) is 5.16. The second-order valence-electron chi connectivity index (χ2n) is 8.69. The van der Waals surface area contributed by atoms with Crippen molar-refractivity contribution in [3.05, 3.63) is 73.9 Å². The summed E-state index contributed by atoms with van der Waals surface area (Å²) in [4.78, 5) is 17.2. The Kier molecular flexibility index (Phi) is 9.20. The highest BCUT2D eigenvalue weighted by atomic mass is 14.9. The van der Waals surface area contributed by atoms with Crippen molar-refractivity contribution in [1.82, 2.24) is 19.9 Å². The fraction of sp³-hybridized carbons (Fsp3) is 0.538. The summed E-state index contributed by atoms with van der Waals surface area (Å²) in [5.41, 5.74) is 0. The van der Waals surface area contributed by atoms with Crippen molar-refractivity contribution in [3.8, 4) is 0 Å². The van der Waals surface area contributed by atoms with E-state index in [1.54, 1.807) is 0 Å². The lowest BCUT2D eigenvalue weighted by Gasteiger charge is -2.16. The van der Waals surface area contributed by atoms with E-state index >= 15 is 0 Å². The van der Waals surface area contributed by atoms with Gasteiger partial charge in [0, 0.05) is 37.6 Å². The monoisotopic (exact) mass is 404 g/mol. The zero-order valence-corrected chi connectivity index (χ0v) is 18.2. The molecular weight excluding hydrogens is 368 g/mol. The Labute approximate surface area is 182 Å². The number of hydrogen-bond acceptors (Lipinski definition) is 4. The summed E-state index contributed by atoms with van der Waals surface area (Å²) in [6.45, 7) is 7.67. The third-order valence-electron chi connectivity index (χ3n) is 6.70. The predicted octanol–water partition coefficient (Wildman–Crippen LogP) is 6.02. The Hall–Kier alpha value is -2.36. The van der Waals surface area contributed by atoms with E-state index in [0.717, 1.165) is 61.0 Å². The van der Waals surface area contributed by atoms with Crippen LogP contribution in [0.2, 0.25) is 0 Å². The number of nitrogens with zero attached hydrogens (tertiary/aromatic N) is 4. The van der Waals surface area contributed by atoms with Gasteiger partial charge in [-0.25, -0.2) is 19.9 Å². The van der Waals surface area contributed by atoms with E-state index in [4.69, 9.17) is 0 Å². The standard InChI is InChI=1S/2C13H18N2/c2*1-2-5-11-6-3-7-12(11)10-13-14-8-4-9-15-13/h2*2,4,8-9,11-12H,1,3,5-7,10H2/t2*11-,12+/m10/s1. The van der Waals surface area contributed by atoms with Crippen LogP contribution in [0.1, 0.15) is 63.0 Å². The van der Waals surface area contributed by atoms with Crippen molar-refractivity contribution in [3.63, 3.8) is 0 Å². The molecule has 0 aliphatic heterocycles. The fourth-order valence-corrected chi connectivity index (χ4v) is 5.15. The quantitative estimate of drug-likeness (QED) is 0.505. The number of rotatable bonds is 8. The summed E-state index contributed by atoms with van der Waals surface area (Å²) >= 11 is 0. The minimum Gasteiger partial charge on any atom is -0.241 e. The van der Waals surface area contributed by atoms with Gasteiger partial charge >= 0.3 is 0 Å². The normalized spacial score (nSPS) is 25.3. The van der Waals surface area contributed by atoms with Gasteiger partial charge in [0.05, 0.1) is 0 Å². The molecule has 0 amide bonds. The number of hydrogen-bond donors (Lipinski definition) is 0. The van der Waals surface area contributed by atoms with Gasteiger partial charge in [0.25, 0.3) is 0 Å². The Morgan fingerprint density at radius 1 is 0.633 bits per heavy atom. The molecule has 2 heterocycles. The largest absolute Gasteiger partial charge is 0.241 e. The maximum atomic E-state index is 4.30. The molecular formula is C26H36N4. The van der Waals surface area contributed by atoms with Crippen molar-refractivity contribution in [2.75, 3.05) is 0 Å². The van der Waals surface area contributed by atoms with Gasteiger partial charge in [0.1, 0.15) is 11.6 Å². The Morgan fingerprint density at radius 2 is 1.00 bits per heavy atom. The van der Waals surface area contributed by atoms with Crippen molar-refractivity contribution in [2.45, 2.75) is 64.2 Å². The molecule has 2 fully saturated rings. The molecule has 4 atom stereocenters. The molecule has 0 aromatic carbocycles. The lowest BCUT2D eigenvalue weighted by molar-refractivity contribution is 0.382. The second kappa shape index (κ2) is 12.4. The molecule has 2 aliphatic carbocycles. The van der Waals surface area contributed by atoms with Gasteiger partial charge in [-0.1, -0.05) is 25.0 Å². The predicted molar refractivity (Wildman–Crippen MR) is 123 cm³/mol. The Balaban J connectivity index is 0.000000171. The molecule has 0 bridgehead atoms. The molecule has 4 nitrogen and oxygen atoms in total. The van der Waals surface area contributed by atoms with E-state index in [-0.39, 0.29) is 0 Å². The number of aromatic nitrogens is 4. The van der Waals surface area contributed by atoms with Gasteiger partial charge in [-0.05, 0) is 74.3 Å². The van der Waals surface area contributed by atoms with Crippen LogP contribution in [0.25, 0.3) is 0 Å². The van der Waals surface area contributed by atoms with Gasteiger partial charge in [-0.15, -0.1) is 13.2 Å². The van der Waals surface area contributed by atoms with Gasteiger partial charge in [-0.3, -0.25) is 0 Å². The molecule has 4 heteroatoms. The van der Waals surface area contributed by atoms with Crippen molar-refractivity contribution < 1.29 is 0 Å². The van der Waals surface area contributed by atoms with Crippen LogP contribution in [0.4, 0.5) is 0 Å². The maximum absolute atomic E-state index is 4.30. The zero-order chi connectivity index (χ0) is 21.0. The lowest BCUT2D eigenvalue weighted by Crippen LogP contribution is -2.12. The molecule has 2 aliphatic rings. The van der Waals surface area contributed by atoms with Gasteiger partial charge in [0.15, 0.2) is 0 Å². The van der Waals surface area contributed by atoms with Crippen molar-refractivity contribution >= 4 is 0 Å². The summed E-state index contributed by atoms with van der Waals surface area (Å²) < 4.78 is 0. The minimum absolute atomic E-state index is 0.769. The molecule has 160 valence electrons. The summed E-state index contributed by atoms with van der Waals surface area (Å²) in [6, 6.07) is 3.75. The van der Waals surface area contributed by atoms with E-state index in [9.17, 15) is 0 Å². The van der Waals surface area contributed by atoms with E-state index in [1.165, 1.54) is 38.5 Å². The molecule has 0 saturated heterocycles. The van der Waals surface area contributed by atoms with E-state index < -0.39 is 0 Å². The smallest absolute Gasteiger partial charge is 0.128 e. The first kappa shape index (κ1) is 22.3. The summed E-state index contributed by atoms with van der Waals surface area (Å²) in [5, 5.41) is 0. The Bertz CT molecular complexity index is 681. The third kappa shape index (κ3) is 6.86. The van der Waals surface area contributed by atoms with Crippen LogP contribution in [0.5, 0.6) is 0 Å². The average Bonchev–Trinajstić information content (AvgIpc) is 3.40. The second-order valence-corrected chi connectivity index (χ2v) is 8.69. The molecule has 2 saturated carbocycles. The molecule has 0 radical (unpaired) electrons. The average molecular weight is 405 g/mol. The van der Waals surface area contributed by atoms with Crippen LogP contribution < -0.4 is 0 Å². The SMILES string of the molecule is C=CC[C@@H]1CCC[C@H]1Cc1ncccn1.C=CC[C@H]1CCC[C@@H]1Cc1ncccn1. The molecule has 2 aromatic heterocycles. The first-order valence-electron chi connectivity index (χ1n) is 11.5. The Morgan fingerprint density at radius 3 is 1.37 bits per heavy atom.